The molecule has 1 aliphatic rings. The average Bonchev–Trinajstić information content (AvgIpc) is 3.02. The monoisotopic (exact) mass is 316 g/mol. The Morgan fingerprint density at radius 2 is 2.22 bits per heavy atom. The number of hydrogen-bond donors (Lipinski definition) is 2. The molecule has 2 unspecified atom stereocenters. The van der Waals surface area contributed by atoms with Crippen LogP contribution in [0.2, 0.25) is 0 Å². The first-order valence-corrected chi connectivity index (χ1v) is 7.31. The van der Waals surface area contributed by atoms with E-state index in [0.29, 0.717) is 17.3 Å². The van der Waals surface area contributed by atoms with Gasteiger partial charge >= 0.3 is 0 Å². The van der Waals surface area contributed by atoms with Gasteiger partial charge in [-0.25, -0.2) is 14.4 Å². The van der Waals surface area contributed by atoms with Gasteiger partial charge in [0.2, 0.25) is 5.91 Å². The number of alkyl halides is 1. The molecular formula is C16H17FN4O2. The van der Waals surface area contributed by atoms with E-state index in [-0.39, 0.29) is 18.9 Å². The number of para-hydroxylation sites is 1. The van der Waals surface area contributed by atoms with Crippen LogP contribution in [-0.2, 0) is 4.79 Å². The van der Waals surface area contributed by atoms with Crippen molar-refractivity contribution in [3.8, 4) is 17.0 Å². The van der Waals surface area contributed by atoms with Crippen LogP contribution in [0.5, 0.6) is 5.75 Å². The van der Waals surface area contributed by atoms with E-state index in [4.69, 9.17) is 4.74 Å². The van der Waals surface area contributed by atoms with Crippen LogP contribution in [0, 0.1) is 0 Å². The highest BCUT2D eigenvalue weighted by atomic mass is 19.1. The molecule has 1 aliphatic heterocycles. The van der Waals surface area contributed by atoms with Crippen LogP contribution in [0.4, 0.5) is 10.2 Å². The van der Waals surface area contributed by atoms with Crippen molar-refractivity contribution in [3.63, 3.8) is 0 Å². The summed E-state index contributed by atoms with van der Waals surface area (Å²) in [6.45, 7) is 0.203. The van der Waals surface area contributed by atoms with Gasteiger partial charge in [0.05, 0.1) is 18.8 Å². The minimum Gasteiger partial charge on any atom is -0.496 e. The lowest BCUT2D eigenvalue weighted by Crippen LogP contribution is -2.35. The molecule has 2 N–H and O–H groups in total. The zero-order valence-corrected chi connectivity index (χ0v) is 12.6. The third-order valence-electron chi connectivity index (χ3n) is 3.69. The summed E-state index contributed by atoms with van der Waals surface area (Å²) in [6.07, 6.45) is 0.563. The van der Waals surface area contributed by atoms with Gasteiger partial charge in [0.15, 0.2) is 0 Å². The van der Waals surface area contributed by atoms with Crippen molar-refractivity contribution in [2.24, 2.45) is 0 Å². The number of carbonyl (C=O) groups is 1. The Kier molecular flexibility index (Phi) is 4.47. The topological polar surface area (TPSA) is 76.1 Å². The maximum absolute atomic E-state index is 13.2. The van der Waals surface area contributed by atoms with E-state index in [2.05, 4.69) is 20.6 Å². The molecule has 3 rings (SSSR count). The fourth-order valence-electron chi connectivity index (χ4n) is 2.53. The van der Waals surface area contributed by atoms with Crippen LogP contribution in [0.3, 0.4) is 0 Å². The summed E-state index contributed by atoms with van der Waals surface area (Å²) < 4.78 is 18.5. The summed E-state index contributed by atoms with van der Waals surface area (Å²) in [5, 5.41) is 5.53. The maximum Gasteiger partial charge on any atom is 0.242 e. The highest BCUT2D eigenvalue weighted by Crippen LogP contribution is 2.28. The van der Waals surface area contributed by atoms with Gasteiger partial charge in [0.1, 0.15) is 24.1 Å². The molecule has 1 aromatic heterocycles. The number of benzene rings is 1. The van der Waals surface area contributed by atoms with Crippen LogP contribution in [0.25, 0.3) is 11.3 Å². The number of anilines is 1. The summed E-state index contributed by atoms with van der Waals surface area (Å²) in [6, 6.07) is 8.58. The SMILES string of the molecule is COc1ccccc1-c1cc(NC(=O)C2CC(F)CN2)ncn1. The normalized spacial score (nSPS) is 20.3. The molecule has 2 aromatic rings. The molecule has 7 heteroatoms. The Bertz CT molecular complexity index is 710. The summed E-state index contributed by atoms with van der Waals surface area (Å²) in [7, 11) is 1.59. The number of ether oxygens (including phenoxy) is 1. The van der Waals surface area contributed by atoms with E-state index in [1.165, 1.54) is 6.33 Å². The summed E-state index contributed by atoms with van der Waals surface area (Å²) >= 11 is 0. The number of methoxy groups -OCH3 is 1. The van der Waals surface area contributed by atoms with Gasteiger partial charge in [-0.2, -0.15) is 0 Å². The molecule has 6 nitrogen and oxygen atoms in total. The summed E-state index contributed by atoms with van der Waals surface area (Å²) in [5.74, 6) is 0.756. The third kappa shape index (κ3) is 3.45. The van der Waals surface area contributed by atoms with Crippen molar-refractivity contribution < 1.29 is 13.9 Å². The molecule has 1 amide bonds. The lowest BCUT2D eigenvalue weighted by Gasteiger charge is -2.11. The van der Waals surface area contributed by atoms with E-state index < -0.39 is 12.2 Å². The molecule has 0 bridgehead atoms. The van der Waals surface area contributed by atoms with Gasteiger partial charge in [-0.1, -0.05) is 12.1 Å². The van der Waals surface area contributed by atoms with Crippen LogP contribution in [0.1, 0.15) is 6.42 Å². The van der Waals surface area contributed by atoms with Gasteiger partial charge in [-0.15, -0.1) is 0 Å². The fourth-order valence-corrected chi connectivity index (χ4v) is 2.53. The molecule has 23 heavy (non-hydrogen) atoms. The van der Waals surface area contributed by atoms with Crippen LogP contribution in [-0.4, -0.2) is 41.7 Å². The summed E-state index contributed by atoms with van der Waals surface area (Å²) in [4.78, 5) is 20.4. The zero-order valence-electron chi connectivity index (χ0n) is 12.6. The van der Waals surface area contributed by atoms with Gasteiger partial charge in [0, 0.05) is 24.6 Å². The molecule has 0 saturated carbocycles. The van der Waals surface area contributed by atoms with Gasteiger partial charge in [0.25, 0.3) is 0 Å². The van der Waals surface area contributed by atoms with E-state index in [9.17, 15) is 9.18 Å². The standard InChI is InChI=1S/C16H17FN4O2/c1-23-14-5-3-2-4-11(14)12-7-15(20-9-19-12)21-16(22)13-6-10(17)8-18-13/h2-5,7,9-10,13,18H,6,8H2,1H3,(H,19,20,21,22). The zero-order chi connectivity index (χ0) is 16.2. The molecule has 2 heterocycles. The maximum atomic E-state index is 13.2. The van der Waals surface area contributed by atoms with Crippen LogP contribution >= 0.6 is 0 Å². The lowest BCUT2D eigenvalue weighted by molar-refractivity contribution is -0.117. The second kappa shape index (κ2) is 6.70. The first kappa shape index (κ1) is 15.4. The Balaban J connectivity index is 1.79. The van der Waals surface area contributed by atoms with Crippen molar-refractivity contribution in [1.29, 1.82) is 0 Å². The number of halogens is 1. The molecule has 1 fully saturated rings. The Hall–Kier alpha value is -2.54. The Labute approximate surface area is 133 Å². The van der Waals surface area contributed by atoms with Gasteiger partial charge in [-0.3, -0.25) is 4.79 Å². The van der Waals surface area contributed by atoms with E-state index in [0.717, 1.165) is 5.56 Å². The predicted octanol–water partition coefficient (Wildman–Crippen LogP) is 1.79. The minimum atomic E-state index is -0.986. The molecule has 1 saturated heterocycles. The lowest BCUT2D eigenvalue weighted by atomic mass is 10.1. The largest absolute Gasteiger partial charge is 0.496 e. The number of rotatable bonds is 4. The highest BCUT2D eigenvalue weighted by Gasteiger charge is 2.29. The molecular weight excluding hydrogens is 299 g/mol. The molecule has 0 spiro atoms. The second-order valence-corrected chi connectivity index (χ2v) is 5.27. The van der Waals surface area contributed by atoms with Crippen molar-refractivity contribution in [2.75, 3.05) is 19.0 Å². The second-order valence-electron chi connectivity index (χ2n) is 5.27. The number of hydrogen-bond acceptors (Lipinski definition) is 5. The van der Waals surface area contributed by atoms with E-state index in [1.54, 1.807) is 13.2 Å². The average molecular weight is 316 g/mol. The highest BCUT2D eigenvalue weighted by molar-refractivity contribution is 5.94. The quantitative estimate of drug-likeness (QED) is 0.899. The Morgan fingerprint density at radius 1 is 1.39 bits per heavy atom. The number of aromatic nitrogens is 2. The molecule has 0 aliphatic carbocycles. The Morgan fingerprint density at radius 3 is 2.96 bits per heavy atom. The smallest absolute Gasteiger partial charge is 0.242 e. The molecule has 2 atom stereocenters. The minimum absolute atomic E-state index is 0.177. The summed E-state index contributed by atoms with van der Waals surface area (Å²) in [5.41, 5.74) is 1.44. The molecule has 0 radical (unpaired) electrons. The van der Waals surface area contributed by atoms with Gasteiger partial charge < -0.3 is 15.4 Å². The number of nitrogens with one attached hydrogen (secondary N) is 2. The van der Waals surface area contributed by atoms with E-state index in [1.807, 2.05) is 24.3 Å². The number of amides is 1. The van der Waals surface area contributed by atoms with Crippen molar-refractivity contribution in [3.05, 3.63) is 36.7 Å². The number of carbonyl (C=O) groups excluding carboxylic acids is 1. The van der Waals surface area contributed by atoms with Gasteiger partial charge in [-0.05, 0) is 12.1 Å². The van der Waals surface area contributed by atoms with Crippen LogP contribution < -0.4 is 15.4 Å². The first-order chi connectivity index (χ1) is 11.2. The van der Waals surface area contributed by atoms with Crippen LogP contribution in [0.15, 0.2) is 36.7 Å². The molecule has 120 valence electrons. The number of nitrogens with zero attached hydrogens (tertiary/aromatic N) is 2. The van der Waals surface area contributed by atoms with Crippen molar-refractivity contribution in [1.82, 2.24) is 15.3 Å². The van der Waals surface area contributed by atoms with Crippen molar-refractivity contribution in [2.45, 2.75) is 18.6 Å². The van der Waals surface area contributed by atoms with Crippen molar-refractivity contribution >= 4 is 11.7 Å². The third-order valence-corrected chi connectivity index (χ3v) is 3.69. The first-order valence-electron chi connectivity index (χ1n) is 7.31. The predicted molar refractivity (Wildman–Crippen MR) is 84.0 cm³/mol. The van der Waals surface area contributed by atoms with E-state index >= 15 is 0 Å². The molecule has 1 aromatic carbocycles. The fraction of sp³-hybridized carbons (Fsp3) is 0.312.